The third-order valence-electron chi connectivity index (χ3n) is 1.91. The monoisotopic (exact) mass is 251 g/mol. The lowest BCUT2D eigenvalue weighted by Crippen LogP contribution is -2.12. The van der Waals surface area contributed by atoms with Crippen molar-refractivity contribution < 1.29 is 4.79 Å². The number of ketones is 1. The Hall–Kier alpha value is -1.14. The van der Waals surface area contributed by atoms with E-state index in [-0.39, 0.29) is 10.6 Å². The van der Waals surface area contributed by atoms with Crippen molar-refractivity contribution in [1.29, 1.82) is 5.26 Å². The number of nitrogens with zero attached hydrogens (tertiary/aromatic N) is 1. The van der Waals surface area contributed by atoms with Gasteiger partial charge in [0, 0.05) is 0 Å². The zero-order chi connectivity index (χ0) is 10.6. The second-order valence-electron chi connectivity index (χ2n) is 3.09. The van der Waals surface area contributed by atoms with E-state index in [1.165, 1.54) is 0 Å². The highest BCUT2D eigenvalue weighted by Crippen LogP contribution is 2.12. The van der Waals surface area contributed by atoms with Gasteiger partial charge in [0.05, 0.1) is 16.5 Å². The molecule has 0 amide bonds. The summed E-state index contributed by atoms with van der Waals surface area (Å²) >= 11 is 3.29. The first-order chi connectivity index (χ1) is 6.63. The fraction of sp³-hybridized carbons (Fsp3) is 0.273. The number of hydrogen-bond donors (Lipinski definition) is 0. The molecule has 14 heavy (non-hydrogen) atoms. The lowest BCUT2D eigenvalue weighted by atomic mass is 10.1. The maximum Gasteiger partial charge on any atom is 0.143 e. The van der Waals surface area contributed by atoms with Gasteiger partial charge in [-0.2, -0.15) is 5.26 Å². The van der Waals surface area contributed by atoms with Crippen LogP contribution in [-0.2, 0) is 11.2 Å². The van der Waals surface area contributed by atoms with Crippen LogP contribution >= 0.6 is 15.9 Å². The van der Waals surface area contributed by atoms with Crippen LogP contribution < -0.4 is 0 Å². The molecule has 0 aliphatic carbocycles. The van der Waals surface area contributed by atoms with Gasteiger partial charge in [-0.25, -0.2) is 0 Å². The minimum absolute atomic E-state index is 0.104. The minimum atomic E-state index is -0.156. The standard InChI is InChI=1S/C11H10BrNO/c1-8(14)11(12)6-9-3-2-4-10(5-9)7-13/h2-5,11H,6H2,1H3. The van der Waals surface area contributed by atoms with Crippen LogP contribution in [0.4, 0.5) is 0 Å². The molecule has 0 saturated carbocycles. The third-order valence-corrected chi connectivity index (χ3v) is 2.88. The summed E-state index contributed by atoms with van der Waals surface area (Å²) in [5.74, 6) is 0.104. The molecule has 0 aliphatic rings. The van der Waals surface area contributed by atoms with Crippen molar-refractivity contribution in [2.75, 3.05) is 0 Å². The molecule has 0 heterocycles. The second kappa shape index (κ2) is 4.92. The first-order valence-corrected chi connectivity index (χ1v) is 5.18. The Morgan fingerprint density at radius 3 is 2.93 bits per heavy atom. The molecule has 0 aromatic heterocycles. The Morgan fingerprint density at radius 2 is 2.36 bits per heavy atom. The summed E-state index contributed by atoms with van der Waals surface area (Å²) in [7, 11) is 0. The molecule has 0 radical (unpaired) electrons. The second-order valence-corrected chi connectivity index (χ2v) is 4.20. The summed E-state index contributed by atoms with van der Waals surface area (Å²) in [5.41, 5.74) is 1.63. The Balaban J connectivity index is 2.78. The summed E-state index contributed by atoms with van der Waals surface area (Å²) in [6, 6.07) is 9.36. The molecule has 0 fully saturated rings. The van der Waals surface area contributed by atoms with Gasteiger partial charge in [0.15, 0.2) is 0 Å². The van der Waals surface area contributed by atoms with Crippen LogP contribution in [-0.4, -0.2) is 10.6 Å². The van der Waals surface area contributed by atoms with Gasteiger partial charge in [-0.05, 0) is 31.0 Å². The fourth-order valence-corrected chi connectivity index (χ4v) is 1.49. The number of carbonyl (C=O) groups is 1. The lowest BCUT2D eigenvalue weighted by Gasteiger charge is -2.05. The van der Waals surface area contributed by atoms with Gasteiger partial charge >= 0.3 is 0 Å². The van der Waals surface area contributed by atoms with Gasteiger partial charge in [-0.1, -0.05) is 28.1 Å². The number of alkyl halides is 1. The van der Waals surface area contributed by atoms with Crippen molar-refractivity contribution in [3.05, 3.63) is 35.4 Å². The SMILES string of the molecule is CC(=O)C(Br)Cc1cccc(C#N)c1. The molecular weight excluding hydrogens is 242 g/mol. The van der Waals surface area contributed by atoms with Crippen LogP contribution in [0.5, 0.6) is 0 Å². The lowest BCUT2D eigenvalue weighted by molar-refractivity contribution is -0.116. The molecule has 2 nitrogen and oxygen atoms in total. The van der Waals surface area contributed by atoms with Gasteiger partial charge < -0.3 is 0 Å². The average Bonchev–Trinajstić information content (AvgIpc) is 2.18. The van der Waals surface area contributed by atoms with Gasteiger partial charge in [-0.15, -0.1) is 0 Å². The van der Waals surface area contributed by atoms with E-state index in [9.17, 15) is 4.79 Å². The predicted molar refractivity (Wildman–Crippen MR) is 58.3 cm³/mol. The van der Waals surface area contributed by atoms with Gasteiger partial charge in [0.2, 0.25) is 0 Å². The molecule has 0 aliphatic heterocycles. The number of rotatable bonds is 3. The molecule has 0 spiro atoms. The highest BCUT2D eigenvalue weighted by Gasteiger charge is 2.10. The molecule has 1 unspecified atom stereocenters. The zero-order valence-electron chi connectivity index (χ0n) is 7.83. The summed E-state index contributed by atoms with van der Waals surface area (Å²) in [4.78, 5) is 10.8. The maximum absolute atomic E-state index is 11.0. The largest absolute Gasteiger partial charge is 0.299 e. The van der Waals surface area contributed by atoms with E-state index in [2.05, 4.69) is 22.0 Å². The van der Waals surface area contributed by atoms with Crippen LogP contribution in [0.2, 0.25) is 0 Å². The van der Waals surface area contributed by atoms with Crippen LogP contribution in [0.15, 0.2) is 24.3 Å². The van der Waals surface area contributed by atoms with Crippen LogP contribution in [0.25, 0.3) is 0 Å². The molecule has 0 bridgehead atoms. The summed E-state index contributed by atoms with van der Waals surface area (Å²) in [6.07, 6.45) is 0.630. The molecular formula is C11H10BrNO. The first-order valence-electron chi connectivity index (χ1n) is 4.27. The van der Waals surface area contributed by atoms with Gasteiger partial charge in [-0.3, -0.25) is 4.79 Å². The van der Waals surface area contributed by atoms with Gasteiger partial charge in [0.25, 0.3) is 0 Å². The van der Waals surface area contributed by atoms with Crippen molar-refractivity contribution in [2.45, 2.75) is 18.2 Å². The third kappa shape index (κ3) is 2.97. The van der Waals surface area contributed by atoms with E-state index in [1.807, 2.05) is 12.1 Å². The van der Waals surface area contributed by atoms with E-state index in [0.29, 0.717) is 12.0 Å². The zero-order valence-corrected chi connectivity index (χ0v) is 9.41. The number of benzene rings is 1. The molecule has 0 N–H and O–H groups in total. The molecule has 3 heteroatoms. The van der Waals surface area contributed by atoms with Crippen molar-refractivity contribution in [3.8, 4) is 6.07 Å². The molecule has 1 aromatic rings. The van der Waals surface area contributed by atoms with E-state index in [1.54, 1.807) is 19.1 Å². The number of hydrogen-bond acceptors (Lipinski definition) is 2. The normalized spacial score (nSPS) is 11.8. The van der Waals surface area contributed by atoms with Gasteiger partial charge in [0.1, 0.15) is 5.78 Å². The highest BCUT2D eigenvalue weighted by molar-refractivity contribution is 9.10. The van der Waals surface area contributed by atoms with Crippen LogP contribution in [0, 0.1) is 11.3 Å². The molecule has 1 aromatic carbocycles. The minimum Gasteiger partial charge on any atom is -0.299 e. The molecule has 1 atom stereocenters. The molecule has 0 saturated heterocycles. The van der Waals surface area contributed by atoms with Crippen LogP contribution in [0.3, 0.4) is 0 Å². The quantitative estimate of drug-likeness (QED) is 0.775. The summed E-state index contributed by atoms with van der Waals surface area (Å²) in [5, 5.41) is 8.68. The molecule has 72 valence electrons. The van der Waals surface area contributed by atoms with Crippen molar-refractivity contribution in [3.63, 3.8) is 0 Å². The average molecular weight is 252 g/mol. The Bertz CT molecular complexity index is 381. The van der Waals surface area contributed by atoms with E-state index >= 15 is 0 Å². The Morgan fingerprint density at radius 1 is 1.64 bits per heavy atom. The Labute approximate surface area is 91.7 Å². The summed E-state index contributed by atoms with van der Waals surface area (Å²) in [6.45, 7) is 1.55. The first kappa shape index (κ1) is 10.9. The maximum atomic E-state index is 11.0. The number of carbonyl (C=O) groups excluding carboxylic acids is 1. The fourth-order valence-electron chi connectivity index (χ4n) is 1.12. The van der Waals surface area contributed by atoms with E-state index in [0.717, 1.165) is 5.56 Å². The smallest absolute Gasteiger partial charge is 0.143 e. The number of Topliss-reactive ketones (excluding diaryl/α,β-unsaturated/α-hetero) is 1. The van der Waals surface area contributed by atoms with E-state index < -0.39 is 0 Å². The van der Waals surface area contributed by atoms with Crippen molar-refractivity contribution >= 4 is 21.7 Å². The topological polar surface area (TPSA) is 40.9 Å². The predicted octanol–water partition coefficient (Wildman–Crippen LogP) is 2.45. The van der Waals surface area contributed by atoms with Crippen molar-refractivity contribution in [2.24, 2.45) is 0 Å². The van der Waals surface area contributed by atoms with Crippen LogP contribution in [0.1, 0.15) is 18.1 Å². The Kier molecular flexibility index (Phi) is 3.84. The van der Waals surface area contributed by atoms with E-state index in [4.69, 9.17) is 5.26 Å². The van der Waals surface area contributed by atoms with Crippen molar-refractivity contribution in [1.82, 2.24) is 0 Å². The summed E-state index contributed by atoms with van der Waals surface area (Å²) < 4.78 is 0. The molecule has 1 rings (SSSR count). The number of halogens is 1. The number of nitriles is 1. The highest BCUT2D eigenvalue weighted by atomic mass is 79.9.